The van der Waals surface area contributed by atoms with Gasteiger partial charge in [-0.25, -0.2) is 0 Å². The minimum atomic E-state index is -0.639. The van der Waals surface area contributed by atoms with Crippen molar-refractivity contribution >= 4 is 44.1 Å². The van der Waals surface area contributed by atoms with E-state index in [1.54, 1.807) is 0 Å². The molecule has 0 atom stereocenters. The summed E-state index contributed by atoms with van der Waals surface area (Å²) in [5.41, 5.74) is 4.34. The Balaban J connectivity index is 0. The van der Waals surface area contributed by atoms with Crippen LogP contribution in [0.2, 0.25) is 0 Å². The van der Waals surface area contributed by atoms with Gasteiger partial charge in [-0.1, -0.05) is 12.6 Å². The fourth-order valence-electron chi connectivity index (χ4n) is 0. The second-order valence-electron chi connectivity index (χ2n) is 0.338. The first-order valence-electron chi connectivity index (χ1n) is 0.716. The largest absolute Gasteiger partial charge is 0.361 e. The predicted molar refractivity (Wildman–Crippen MR) is 24.3 cm³/mol. The smallest absolute Gasteiger partial charge is 0.273 e. The Morgan fingerprint density at radius 3 is 1.80 bits per heavy atom. The molecule has 0 spiro atoms. The van der Waals surface area contributed by atoms with E-state index in [-0.39, 0.29) is 26.2 Å². The quantitative estimate of drug-likeness (QED) is 0.462. The SMILES string of the molecule is NC(=O)S.[Bi]. The molecule has 0 aliphatic heterocycles. The Bertz CT molecular complexity index is 34.6. The number of amides is 1. The van der Waals surface area contributed by atoms with Crippen molar-refractivity contribution in [2.45, 2.75) is 0 Å². The molecule has 0 aromatic carbocycles. The fourth-order valence-corrected chi connectivity index (χ4v) is 0. The summed E-state index contributed by atoms with van der Waals surface area (Å²) in [4.78, 5) is 9.09. The third-order valence-electron chi connectivity index (χ3n) is 0. The molecule has 0 unspecified atom stereocenters. The van der Waals surface area contributed by atoms with E-state index in [4.69, 9.17) is 4.79 Å². The normalized spacial score (nSPS) is 5.00. The summed E-state index contributed by atoms with van der Waals surface area (Å²) in [6.45, 7) is 0. The van der Waals surface area contributed by atoms with Crippen LogP contribution in [0.4, 0.5) is 4.79 Å². The topological polar surface area (TPSA) is 43.1 Å². The number of hydrogen-bond donors (Lipinski definition) is 2. The van der Waals surface area contributed by atoms with E-state index in [2.05, 4.69) is 18.4 Å². The molecular weight excluding hydrogens is 283 g/mol. The third kappa shape index (κ3) is 69.5. The van der Waals surface area contributed by atoms with Gasteiger partial charge in [-0.2, -0.15) is 0 Å². The summed E-state index contributed by atoms with van der Waals surface area (Å²) in [6, 6.07) is 0. The van der Waals surface area contributed by atoms with Gasteiger partial charge in [0.05, 0.1) is 0 Å². The summed E-state index contributed by atoms with van der Waals surface area (Å²) in [5, 5.41) is -0.639. The third-order valence-corrected chi connectivity index (χ3v) is 0. The van der Waals surface area contributed by atoms with Gasteiger partial charge in [0.1, 0.15) is 0 Å². The number of hydrogen-bond acceptors (Lipinski definition) is 1. The number of nitrogens with two attached hydrogens (primary N) is 1. The summed E-state index contributed by atoms with van der Waals surface area (Å²) in [6.07, 6.45) is 0. The van der Waals surface area contributed by atoms with Crippen molar-refractivity contribution in [2.75, 3.05) is 0 Å². The summed E-state index contributed by atoms with van der Waals surface area (Å²) in [5.74, 6) is 0. The number of thiol groups is 1. The van der Waals surface area contributed by atoms with Gasteiger partial charge in [0.15, 0.2) is 0 Å². The molecule has 0 heterocycles. The number of carbonyl (C=O) groups is 1. The van der Waals surface area contributed by atoms with E-state index in [1.165, 1.54) is 0 Å². The molecule has 0 aliphatic rings. The van der Waals surface area contributed by atoms with Crippen LogP contribution in [0, 0.1) is 0 Å². The van der Waals surface area contributed by atoms with Crippen LogP contribution in [-0.4, -0.2) is 31.4 Å². The molecule has 0 aromatic heterocycles. The van der Waals surface area contributed by atoms with Gasteiger partial charge < -0.3 is 5.73 Å². The van der Waals surface area contributed by atoms with Crippen LogP contribution in [0.25, 0.3) is 0 Å². The predicted octanol–water partition coefficient (Wildman–Crippen LogP) is -0.386. The maximum Gasteiger partial charge on any atom is 0.273 e. The summed E-state index contributed by atoms with van der Waals surface area (Å²) in [7, 11) is 0. The molecule has 0 fully saturated rings. The summed E-state index contributed by atoms with van der Waals surface area (Å²) < 4.78 is 0. The average Bonchev–Trinajstić information content (AvgIpc) is 0.811. The van der Waals surface area contributed by atoms with E-state index >= 15 is 0 Å². The second kappa shape index (κ2) is 4.70. The molecule has 0 aromatic rings. The summed E-state index contributed by atoms with van der Waals surface area (Å²) >= 11 is 3.10. The molecule has 2 nitrogen and oxygen atoms in total. The fraction of sp³-hybridized carbons (Fsp3) is 0. The van der Waals surface area contributed by atoms with Crippen molar-refractivity contribution in [3.63, 3.8) is 0 Å². The van der Waals surface area contributed by atoms with Gasteiger partial charge in [-0.15, -0.1) is 0 Å². The minimum Gasteiger partial charge on any atom is -0.361 e. The first kappa shape index (κ1) is 9.20. The second-order valence-corrected chi connectivity index (χ2v) is 0.779. The Morgan fingerprint density at radius 2 is 1.80 bits per heavy atom. The van der Waals surface area contributed by atoms with Gasteiger partial charge in [-0.3, -0.25) is 4.79 Å². The number of carbonyl (C=O) groups excluding carboxylic acids is 1. The van der Waals surface area contributed by atoms with Crippen molar-refractivity contribution in [2.24, 2.45) is 5.73 Å². The van der Waals surface area contributed by atoms with Crippen LogP contribution < -0.4 is 5.73 Å². The molecule has 0 bridgehead atoms. The Morgan fingerprint density at radius 1 is 1.80 bits per heavy atom. The molecule has 2 N–H and O–H groups in total. The van der Waals surface area contributed by atoms with Gasteiger partial charge >= 0.3 is 0 Å². The van der Waals surface area contributed by atoms with Gasteiger partial charge in [0, 0.05) is 26.2 Å². The van der Waals surface area contributed by atoms with Crippen LogP contribution in [0.1, 0.15) is 0 Å². The van der Waals surface area contributed by atoms with Gasteiger partial charge in [0.25, 0.3) is 5.24 Å². The van der Waals surface area contributed by atoms with E-state index in [0.29, 0.717) is 0 Å². The molecule has 29 valence electrons. The first-order chi connectivity index (χ1) is 1.73. The van der Waals surface area contributed by atoms with E-state index < -0.39 is 5.24 Å². The average molecular weight is 286 g/mol. The number of rotatable bonds is 0. The first-order valence-corrected chi connectivity index (χ1v) is 1.16. The maximum absolute atomic E-state index is 9.09. The molecule has 1 amide bonds. The van der Waals surface area contributed by atoms with E-state index in [9.17, 15) is 0 Å². The Labute approximate surface area is 54.6 Å². The van der Waals surface area contributed by atoms with Gasteiger partial charge in [0.2, 0.25) is 0 Å². The monoisotopic (exact) mass is 286 g/mol. The van der Waals surface area contributed by atoms with Crippen LogP contribution in [0.15, 0.2) is 0 Å². The Kier molecular flexibility index (Phi) is 8.65. The minimum absolute atomic E-state index is 0. The molecule has 0 aliphatic carbocycles. The van der Waals surface area contributed by atoms with Crippen molar-refractivity contribution in [3.05, 3.63) is 0 Å². The van der Waals surface area contributed by atoms with E-state index in [0.717, 1.165) is 0 Å². The zero-order chi connectivity index (χ0) is 3.58. The van der Waals surface area contributed by atoms with Crippen LogP contribution in [-0.2, 0) is 0 Å². The molecule has 0 rings (SSSR count). The molecular formula is CH3BiNOS. The van der Waals surface area contributed by atoms with Crippen LogP contribution in [0.3, 0.4) is 0 Å². The van der Waals surface area contributed by atoms with Crippen LogP contribution in [0.5, 0.6) is 0 Å². The molecule has 0 saturated carbocycles. The van der Waals surface area contributed by atoms with Crippen molar-refractivity contribution in [1.82, 2.24) is 0 Å². The van der Waals surface area contributed by atoms with Gasteiger partial charge in [-0.05, 0) is 0 Å². The Hall–Kier alpha value is 0.703. The zero-order valence-electron chi connectivity index (χ0n) is 2.38. The maximum atomic E-state index is 9.09. The number of primary amides is 1. The van der Waals surface area contributed by atoms with E-state index in [1.807, 2.05) is 0 Å². The molecule has 3 radical (unpaired) electrons. The molecule has 4 heteroatoms. The standard InChI is InChI=1S/CH3NOS.Bi/c2-1(3)4;/h(H3,2,3,4);. The molecule has 0 saturated heterocycles. The molecule has 5 heavy (non-hydrogen) atoms. The van der Waals surface area contributed by atoms with Crippen molar-refractivity contribution < 1.29 is 4.79 Å². The zero-order valence-corrected chi connectivity index (χ0v) is 6.75. The van der Waals surface area contributed by atoms with Crippen molar-refractivity contribution in [1.29, 1.82) is 0 Å². The van der Waals surface area contributed by atoms with Crippen molar-refractivity contribution in [3.8, 4) is 0 Å². The van der Waals surface area contributed by atoms with Crippen LogP contribution >= 0.6 is 12.6 Å².